The van der Waals surface area contributed by atoms with Gasteiger partial charge >= 0.3 is 6.18 Å². The number of imidazole rings is 1. The van der Waals surface area contributed by atoms with Crippen LogP contribution in [0.15, 0.2) is 43.0 Å². The fourth-order valence-electron chi connectivity index (χ4n) is 4.24. The van der Waals surface area contributed by atoms with Crippen molar-refractivity contribution in [3.05, 3.63) is 65.6 Å². The fourth-order valence-corrected chi connectivity index (χ4v) is 4.24. The summed E-state index contributed by atoms with van der Waals surface area (Å²) in [6.45, 7) is -0.343. The minimum atomic E-state index is -4.57. The first-order chi connectivity index (χ1) is 16.1. The topological polar surface area (TPSA) is 89.4 Å². The number of amides is 1. The number of nitrogen functional groups attached to an aromatic ring is 1. The molecule has 176 valence electrons. The number of carbonyl (C=O) groups is 1. The number of anilines is 1. The van der Waals surface area contributed by atoms with E-state index in [9.17, 15) is 22.4 Å². The maximum atomic E-state index is 15.0. The Bertz CT molecular complexity index is 1400. The zero-order valence-corrected chi connectivity index (χ0v) is 17.4. The number of nitrogens with zero attached hydrogens (tertiary/aromatic N) is 5. The Labute approximate surface area is 189 Å². The molecule has 7 nitrogen and oxygen atoms in total. The zero-order chi connectivity index (χ0) is 24.2. The molecule has 1 aliphatic heterocycles. The largest absolute Gasteiger partial charge is 0.417 e. The zero-order valence-electron chi connectivity index (χ0n) is 17.4. The van der Waals surface area contributed by atoms with Crippen molar-refractivity contribution in [1.29, 1.82) is 0 Å². The first-order valence-electron chi connectivity index (χ1n) is 10.3. The number of rotatable bonds is 2. The highest BCUT2D eigenvalue weighted by Gasteiger charge is 2.36. The summed E-state index contributed by atoms with van der Waals surface area (Å²) in [6.07, 6.45) is -2.13. The molecule has 34 heavy (non-hydrogen) atoms. The van der Waals surface area contributed by atoms with Crippen LogP contribution in [0.5, 0.6) is 0 Å². The highest BCUT2D eigenvalue weighted by Crippen LogP contribution is 2.35. The first-order valence-corrected chi connectivity index (χ1v) is 10.3. The Balaban J connectivity index is 1.56. The van der Waals surface area contributed by atoms with E-state index >= 15 is 4.39 Å². The predicted octanol–water partition coefficient (Wildman–Crippen LogP) is 4.33. The van der Waals surface area contributed by atoms with E-state index < -0.39 is 35.7 Å². The van der Waals surface area contributed by atoms with Crippen molar-refractivity contribution in [2.45, 2.75) is 31.2 Å². The lowest BCUT2D eigenvalue weighted by Crippen LogP contribution is -2.43. The third-order valence-electron chi connectivity index (χ3n) is 5.94. The van der Waals surface area contributed by atoms with Crippen LogP contribution < -0.4 is 5.73 Å². The van der Waals surface area contributed by atoms with Crippen LogP contribution in [0.3, 0.4) is 0 Å². The molecule has 4 heterocycles. The van der Waals surface area contributed by atoms with E-state index in [0.29, 0.717) is 17.2 Å². The normalized spacial score (nSPS) is 19.1. The second kappa shape index (κ2) is 7.89. The number of piperidine rings is 1. The molecule has 3 aromatic heterocycles. The Kier molecular flexibility index (Phi) is 5.10. The summed E-state index contributed by atoms with van der Waals surface area (Å²) in [7, 11) is 0. The summed E-state index contributed by atoms with van der Waals surface area (Å²) in [4.78, 5) is 26.5. The molecule has 0 radical (unpaired) electrons. The summed E-state index contributed by atoms with van der Waals surface area (Å²) in [5.74, 6) is -1.56. The Hall–Kier alpha value is -3.83. The molecule has 0 spiro atoms. The molecule has 2 unspecified atom stereocenters. The van der Waals surface area contributed by atoms with E-state index in [2.05, 4.69) is 15.0 Å². The lowest BCUT2D eigenvalue weighted by Gasteiger charge is -2.37. The highest BCUT2D eigenvalue weighted by molar-refractivity contribution is 5.98. The summed E-state index contributed by atoms with van der Waals surface area (Å²) in [5.41, 5.74) is 5.80. The number of fused-ring (bicyclic) bond motifs is 3. The average Bonchev–Trinajstić information content (AvgIpc) is 3.29. The molecule has 0 aliphatic carbocycles. The summed E-state index contributed by atoms with van der Waals surface area (Å²) in [5, 5.41) is 0. The van der Waals surface area contributed by atoms with Crippen molar-refractivity contribution >= 4 is 28.3 Å². The number of likely N-dealkylation sites (tertiary alicyclic amines) is 1. The Morgan fingerprint density at radius 2 is 1.91 bits per heavy atom. The van der Waals surface area contributed by atoms with Crippen LogP contribution in [-0.4, -0.2) is 42.9 Å². The van der Waals surface area contributed by atoms with Gasteiger partial charge in [0.05, 0.1) is 53.0 Å². The predicted molar refractivity (Wildman–Crippen MR) is 112 cm³/mol. The number of carbonyl (C=O) groups excluding carboxylic acids is 1. The molecule has 4 aromatic rings. The van der Waals surface area contributed by atoms with Gasteiger partial charge in [0, 0.05) is 12.3 Å². The standard InChI is InChI=1S/C22H17F5N6O/c23-12-2-4-17(15-3-1-11(7-30-15)22(25,26)27)32(9-12)21(34)13-5-18-16(6-14(13)24)31-20(28)19-8-29-10-33(18)19/h1,3,5-8,10,12,17H,2,4,9H2,(H2,28,31). The second-order valence-corrected chi connectivity index (χ2v) is 8.08. The van der Waals surface area contributed by atoms with Gasteiger partial charge in [0.25, 0.3) is 5.91 Å². The van der Waals surface area contributed by atoms with Crippen LogP contribution in [0.2, 0.25) is 0 Å². The molecule has 1 saturated heterocycles. The number of hydrogen-bond acceptors (Lipinski definition) is 5. The maximum Gasteiger partial charge on any atom is 0.417 e. The Morgan fingerprint density at radius 3 is 2.62 bits per heavy atom. The molecule has 12 heteroatoms. The van der Waals surface area contributed by atoms with E-state index in [1.54, 1.807) is 4.40 Å². The van der Waals surface area contributed by atoms with Crippen molar-refractivity contribution < 1.29 is 26.7 Å². The molecule has 1 aromatic carbocycles. The third kappa shape index (κ3) is 3.68. The molecular weight excluding hydrogens is 459 g/mol. The average molecular weight is 476 g/mol. The smallest absolute Gasteiger partial charge is 0.382 e. The highest BCUT2D eigenvalue weighted by atomic mass is 19.4. The monoisotopic (exact) mass is 476 g/mol. The third-order valence-corrected chi connectivity index (χ3v) is 5.94. The van der Waals surface area contributed by atoms with Crippen LogP contribution in [0.4, 0.5) is 27.8 Å². The number of aromatic nitrogens is 4. The van der Waals surface area contributed by atoms with Gasteiger partial charge in [-0.15, -0.1) is 0 Å². The van der Waals surface area contributed by atoms with Crippen molar-refractivity contribution in [1.82, 2.24) is 24.3 Å². The van der Waals surface area contributed by atoms with Crippen LogP contribution in [0.25, 0.3) is 16.6 Å². The molecule has 1 fully saturated rings. The quantitative estimate of drug-likeness (QED) is 0.435. The van der Waals surface area contributed by atoms with E-state index in [4.69, 9.17) is 5.73 Å². The van der Waals surface area contributed by atoms with Gasteiger partial charge in [-0.05, 0) is 31.0 Å². The van der Waals surface area contributed by atoms with Gasteiger partial charge in [0.1, 0.15) is 23.3 Å². The number of hydrogen-bond donors (Lipinski definition) is 1. The van der Waals surface area contributed by atoms with Gasteiger partial charge in [-0.2, -0.15) is 13.2 Å². The van der Waals surface area contributed by atoms with Gasteiger partial charge in [-0.3, -0.25) is 14.2 Å². The summed E-state index contributed by atoms with van der Waals surface area (Å²) < 4.78 is 69.6. The number of nitrogens with two attached hydrogens (primary N) is 1. The molecule has 1 amide bonds. The van der Waals surface area contributed by atoms with Crippen LogP contribution in [0.1, 0.15) is 40.5 Å². The second-order valence-electron chi connectivity index (χ2n) is 8.08. The number of alkyl halides is 4. The van der Waals surface area contributed by atoms with E-state index in [-0.39, 0.29) is 42.0 Å². The fraction of sp³-hybridized carbons (Fsp3) is 0.273. The van der Waals surface area contributed by atoms with Gasteiger partial charge < -0.3 is 10.6 Å². The number of pyridine rings is 1. The molecular formula is C22H17F5N6O. The van der Waals surface area contributed by atoms with Crippen LogP contribution >= 0.6 is 0 Å². The molecule has 2 N–H and O–H groups in total. The Morgan fingerprint density at radius 1 is 1.12 bits per heavy atom. The van der Waals surface area contributed by atoms with Crippen molar-refractivity contribution in [3.8, 4) is 0 Å². The molecule has 2 atom stereocenters. The maximum absolute atomic E-state index is 15.0. The summed E-state index contributed by atoms with van der Waals surface area (Å²) >= 11 is 0. The molecule has 5 rings (SSSR count). The minimum absolute atomic E-state index is 0.0935. The summed E-state index contributed by atoms with van der Waals surface area (Å²) in [6, 6.07) is 3.54. The van der Waals surface area contributed by atoms with E-state index in [1.807, 2.05) is 0 Å². The van der Waals surface area contributed by atoms with E-state index in [1.165, 1.54) is 18.6 Å². The first kappa shape index (κ1) is 22.0. The number of halogens is 5. The number of benzene rings is 1. The van der Waals surface area contributed by atoms with Crippen LogP contribution in [0, 0.1) is 5.82 Å². The van der Waals surface area contributed by atoms with Gasteiger partial charge in [-0.25, -0.2) is 18.7 Å². The van der Waals surface area contributed by atoms with Crippen molar-refractivity contribution in [3.63, 3.8) is 0 Å². The van der Waals surface area contributed by atoms with Gasteiger partial charge in [0.15, 0.2) is 0 Å². The lowest BCUT2D eigenvalue weighted by atomic mass is 9.96. The molecule has 0 saturated carbocycles. The van der Waals surface area contributed by atoms with E-state index in [0.717, 1.165) is 23.1 Å². The SMILES string of the molecule is Nc1nc2cc(F)c(C(=O)N3CC(F)CCC3c3ccc(C(F)(F)F)cn3)cc2n2cncc12. The van der Waals surface area contributed by atoms with Crippen molar-refractivity contribution in [2.24, 2.45) is 0 Å². The van der Waals surface area contributed by atoms with Gasteiger partial charge in [-0.1, -0.05) is 0 Å². The minimum Gasteiger partial charge on any atom is -0.382 e. The molecule has 1 aliphatic rings. The van der Waals surface area contributed by atoms with Crippen molar-refractivity contribution in [2.75, 3.05) is 12.3 Å². The van der Waals surface area contributed by atoms with Gasteiger partial charge in [0.2, 0.25) is 0 Å². The lowest BCUT2D eigenvalue weighted by molar-refractivity contribution is -0.137. The molecule has 0 bridgehead atoms. The van der Waals surface area contributed by atoms with Crippen LogP contribution in [-0.2, 0) is 6.18 Å².